The first-order valence-electron chi connectivity index (χ1n) is 14.4. The van der Waals surface area contributed by atoms with Crippen LogP contribution in [0, 0.1) is 5.92 Å². The second kappa shape index (κ2) is 13.5. The molecule has 2 heterocycles. The van der Waals surface area contributed by atoms with E-state index >= 15 is 0 Å². The lowest BCUT2D eigenvalue weighted by atomic mass is 10.0. The van der Waals surface area contributed by atoms with Crippen LogP contribution in [0.3, 0.4) is 0 Å². The largest absolute Gasteiger partial charge is 0.488 e. The topological polar surface area (TPSA) is 155 Å². The molecule has 3 atom stereocenters. The van der Waals surface area contributed by atoms with E-state index in [4.69, 9.17) is 4.74 Å². The van der Waals surface area contributed by atoms with Gasteiger partial charge in [-0.3, -0.25) is 9.59 Å². The molecular weight excluding hydrogens is 564 g/mol. The third-order valence-corrected chi connectivity index (χ3v) is 7.73. The average Bonchev–Trinajstić information content (AvgIpc) is 3.53. The average molecular weight is 601 g/mol. The number of carbonyl (C=O) groups is 3. The van der Waals surface area contributed by atoms with Crippen LogP contribution >= 0.6 is 0 Å². The number of hydrogen-bond acceptors (Lipinski definition) is 8. The van der Waals surface area contributed by atoms with Gasteiger partial charge in [0.2, 0.25) is 11.8 Å². The SMILES string of the molecule is C[C@@H]1CN([C@H](C)CO)C(=O)Cc2cc(NC(=O)Cn3cnnn3)ccc2O[C@@H]1CN(C)C(=O)Nc1cccc2ccccc12. The van der Waals surface area contributed by atoms with Crippen molar-refractivity contribution in [3.63, 3.8) is 0 Å². The molecule has 4 aromatic rings. The van der Waals surface area contributed by atoms with Crippen LogP contribution in [-0.4, -0.2) is 91.8 Å². The van der Waals surface area contributed by atoms with Gasteiger partial charge in [0.1, 0.15) is 24.7 Å². The van der Waals surface area contributed by atoms with Gasteiger partial charge in [0.15, 0.2) is 0 Å². The van der Waals surface area contributed by atoms with Gasteiger partial charge in [-0.15, -0.1) is 5.10 Å². The van der Waals surface area contributed by atoms with Crippen LogP contribution < -0.4 is 15.4 Å². The molecule has 1 aliphatic heterocycles. The van der Waals surface area contributed by atoms with Gasteiger partial charge >= 0.3 is 6.03 Å². The molecule has 3 aromatic carbocycles. The van der Waals surface area contributed by atoms with Gasteiger partial charge in [0, 0.05) is 36.1 Å². The molecule has 0 unspecified atom stereocenters. The number of benzene rings is 3. The van der Waals surface area contributed by atoms with E-state index in [9.17, 15) is 19.5 Å². The molecule has 4 amide bonds. The number of anilines is 2. The zero-order valence-electron chi connectivity index (χ0n) is 24.9. The van der Waals surface area contributed by atoms with Gasteiger partial charge in [0.05, 0.1) is 31.3 Å². The highest BCUT2D eigenvalue weighted by Gasteiger charge is 2.32. The van der Waals surface area contributed by atoms with Crippen molar-refractivity contribution < 1.29 is 24.2 Å². The first-order chi connectivity index (χ1) is 21.2. The Balaban J connectivity index is 1.37. The number of aliphatic hydroxyl groups is 1. The van der Waals surface area contributed by atoms with E-state index in [0.717, 1.165) is 10.8 Å². The molecule has 13 heteroatoms. The van der Waals surface area contributed by atoms with Gasteiger partial charge in [-0.2, -0.15) is 0 Å². The smallest absolute Gasteiger partial charge is 0.321 e. The molecule has 44 heavy (non-hydrogen) atoms. The molecule has 3 N–H and O–H groups in total. The Kier molecular flexibility index (Phi) is 9.34. The van der Waals surface area contributed by atoms with Crippen LogP contribution in [-0.2, 0) is 22.6 Å². The first kappa shape index (κ1) is 30.4. The normalized spacial score (nSPS) is 17.5. The Morgan fingerprint density at radius 1 is 1.14 bits per heavy atom. The Morgan fingerprint density at radius 3 is 2.70 bits per heavy atom. The number of aromatic nitrogens is 4. The fourth-order valence-electron chi connectivity index (χ4n) is 5.22. The predicted octanol–water partition coefficient (Wildman–Crippen LogP) is 2.78. The molecular formula is C31H36N8O5. The number of tetrazole rings is 1. The fourth-order valence-corrected chi connectivity index (χ4v) is 5.22. The molecule has 0 radical (unpaired) electrons. The summed E-state index contributed by atoms with van der Waals surface area (Å²) in [6, 6.07) is 18.0. The van der Waals surface area contributed by atoms with Crippen molar-refractivity contribution in [3.05, 3.63) is 72.6 Å². The van der Waals surface area contributed by atoms with Crippen molar-refractivity contribution in [1.29, 1.82) is 0 Å². The molecule has 0 bridgehead atoms. The lowest BCUT2D eigenvalue weighted by molar-refractivity contribution is -0.134. The van der Waals surface area contributed by atoms with Crippen LogP contribution in [0.4, 0.5) is 16.2 Å². The van der Waals surface area contributed by atoms with Gasteiger partial charge in [-0.25, -0.2) is 9.48 Å². The van der Waals surface area contributed by atoms with E-state index in [2.05, 4.69) is 26.2 Å². The maximum Gasteiger partial charge on any atom is 0.321 e. The summed E-state index contributed by atoms with van der Waals surface area (Å²) in [4.78, 5) is 42.6. The lowest BCUT2D eigenvalue weighted by Gasteiger charge is -2.34. The van der Waals surface area contributed by atoms with Crippen LogP contribution in [0.5, 0.6) is 5.75 Å². The van der Waals surface area contributed by atoms with Gasteiger partial charge in [-0.05, 0) is 47.0 Å². The molecule has 0 saturated carbocycles. The number of nitrogens with one attached hydrogen (secondary N) is 2. The number of carbonyl (C=O) groups excluding carboxylic acids is 3. The molecule has 13 nitrogen and oxygen atoms in total. The summed E-state index contributed by atoms with van der Waals surface area (Å²) >= 11 is 0. The number of nitrogens with zero attached hydrogens (tertiary/aromatic N) is 6. The second-order valence-corrected chi connectivity index (χ2v) is 11.1. The molecule has 0 saturated heterocycles. The minimum absolute atomic E-state index is 0.00717. The summed E-state index contributed by atoms with van der Waals surface area (Å²) in [5.74, 6) is -0.228. The predicted molar refractivity (Wildman–Crippen MR) is 164 cm³/mol. The third kappa shape index (κ3) is 7.11. The van der Waals surface area contributed by atoms with E-state index in [1.807, 2.05) is 49.4 Å². The number of likely N-dealkylation sites (N-methyl/N-ethyl adjacent to an activating group) is 1. The van der Waals surface area contributed by atoms with Crippen LogP contribution in [0.15, 0.2) is 67.0 Å². The van der Waals surface area contributed by atoms with E-state index in [-0.39, 0.29) is 49.9 Å². The van der Waals surface area contributed by atoms with Crippen molar-refractivity contribution in [2.75, 3.05) is 37.4 Å². The minimum Gasteiger partial charge on any atom is -0.488 e. The summed E-state index contributed by atoms with van der Waals surface area (Å²) in [6.45, 7) is 4.04. The zero-order valence-corrected chi connectivity index (χ0v) is 24.9. The Labute approximate surface area is 254 Å². The van der Waals surface area contributed by atoms with Gasteiger partial charge < -0.3 is 30.3 Å². The van der Waals surface area contributed by atoms with E-state index < -0.39 is 12.1 Å². The summed E-state index contributed by atoms with van der Waals surface area (Å²) in [5.41, 5.74) is 1.76. The second-order valence-electron chi connectivity index (χ2n) is 11.1. The highest BCUT2D eigenvalue weighted by molar-refractivity contribution is 6.01. The van der Waals surface area contributed by atoms with Crippen LogP contribution in [0.25, 0.3) is 10.8 Å². The minimum atomic E-state index is -0.489. The third-order valence-electron chi connectivity index (χ3n) is 7.73. The summed E-state index contributed by atoms with van der Waals surface area (Å²) in [6.07, 6.45) is 0.859. The molecule has 1 aromatic heterocycles. The monoisotopic (exact) mass is 600 g/mol. The van der Waals surface area contributed by atoms with Crippen molar-refractivity contribution in [1.82, 2.24) is 30.0 Å². The van der Waals surface area contributed by atoms with Gasteiger partial charge in [-0.1, -0.05) is 43.3 Å². The first-order valence-corrected chi connectivity index (χ1v) is 14.4. The lowest BCUT2D eigenvalue weighted by Crippen LogP contribution is -2.48. The maximum absolute atomic E-state index is 13.5. The van der Waals surface area contributed by atoms with E-state index in [0.29, 0.717) is 29.2 Å². The van der Waals surface area contributed by atoms with Gasteiger partial charge in [0.25, 0.3) is 0 Å². The fraction of sp³-hybridized carbons (Fsp3) is 0.355. The number of aliphatic hydroxyl groups excluding tert-OH is 1. The van der Waals surface area contributed by atoms with Crippen molar-refractivity contribution in [2.24, 2.45) is 5.92 Å². The quantitative estimate of drug-likeness (QED) is 0.279. The molecule has 1 aliphatic rings. The Morgan fingerprint density at radius 2 is 1.93 bits per heavy atom. The number of urea groups is 1. The van der Waals surface area contributed by atoms with Crippen LogP contribution in [0.2, 0.25) is 0 Å². The van der Waals surface area contributed by atoms with E-state index in [1.54, 1.807) is 42.0 Å². The number of hydrogen-bond donors (Lipinski definition) is 3. The number of rotatable bonds is 8. The zero-order chi connectivity index (χ0) is 31.2. The Hall–Kier alpha value is -5.04. The van der Waals surface area contributed by atoms with Crippen LogP contribution in [0.1, 0.15) is 19.4 Å². The summed E-state index contributed by atoms with van der Waals surface area (Å²) in [7, 11) is 1.70. The molecule has 0 fully saturated rings. The van der Waals surface area contributed by atoms with Crippen molar-refractivity contribution in [2.45, 2.75) is 39.0 Å². The highest BCUT2D eigenvalue weighted by Crippen LogP contribution is 2.30. The van der Waals surface area contributed by atoms with E-state index in [1.165, 1.54) is 11.0 Å². The number of amides is 4. The van der Waals surface area contributed by atoms with Crippen molar-refractivity contribution >= 4 is 40.0 Å². The molecule has 0 spiro atoms. The summed E-state index contributed by atoms with van der Waals surface area (Å²) < 4.78 is 7.82. The molecule has 230 valence electrons. The van der Waals surface area contributed by atoms with Crippen molar-refractivity contribution in [3.8, 4) is 5.75 Å². The molecule has 5 rings (SSSR count). The molecule has 0 aliphatic carbocycles. The highest BCUT2D eigenvalue weighted by atomic mass is 16.5. The Bertz CT molecular complexity index is 1620. The summed E-state index contributed by atoms with van der Waals surface area (Å²) in [5, 5.41) is 28.5. The number of ether oxygens (including phenoxy) is 1. The number of fused-ring (bicyclic) bond motifs is 2. The maximum atomic E-state index is 13.5. The standard InChI is InChI=1S/C31H36N8O5/c1-20-15-39(21(2)18-40)30(42)14-23-13-24(33-29(41)17-38-19-32-35-36-38)11-12-27(23)44-28(20)16-37(3)31(43)34-26-10-6-8-22-7-4-5-9-25(22)26/h4-13,19-21,28,40H,14-18H2,1-3H3,(H,33,41)(H,34,43)/t20-,21-,28-/m1/s1.